The van der Waals surface area contributed by atoms with Gasteiger partial charge >= 0.3 is 0 Å². The lowest BCUT2D eigenvalue weighted by molar-refractivity contribution is 0.585. The standard InChI is InChI=1S/C24H38N6O4S2/c1-7-29(15-13-25-35(5,31)32)21-9-11-23(19(3)17-21)27-28-24-12-10-22(18-20(24)4)30(8-2)16-14-26-36(6,33)34/h9-12,17-18,25-26H,7-8,13-16H2,1-6H3. The highest BCUT2D eigenvalue weighted by molar-refractivity contribution is 7.89. The quantitative estimate of drug-likeness (QED) is 0.355. The number of benzene rings is 2. The van der Waals surface area contributed by atoms with E-state index in [9.17, 15) is 16.8 Å². The van der Waals surface area contributed by atoms with Crippen LogP contribution in [0.5, 0.6) is 0 Å². The summed E-state index contributed by atoms with van der Waals surface area (Å²) in [5.74, 6) is 0. The lowest BCUT2D eigenvalue weighted by Crippen LogP contribution is -2.34. The normalized spacial score (nSPS) is 12.3. The van der Waals surface area contributed by atoms with Gasteiger partial charge in [-0.2, -0.15) is 10.2 Å². The third kappa shape index (κ3) is 9.84. The number of rotatable bonds is 14. The summed E-state index contributed by atoms with van der Waals surface area (Å²) in [5.41, 5.74) is 5.44. The van der Waals surface area contributed by atoms with E-state index in [0.717, 1.165) is 59.5 Å². The maximum Gasteiger partial charge on any atom is 0.208 e. The van der Waals surface area contributed by atoms with Crippen molar-refractivity contribution in [2.45, 2.75) is 27.7 Å². The fourth-order valence-corrected chi connectivity index (χ4v) is 4.60. The number of nitrogens with one attached hydrogen (secondary N) is 2. The zero-order valence-corrected chi connectivity index (χ0v) is 23.6. The molecule has 2 aromatic rings. The van der Waals surface area contributed by atoms with Gasteiger partial charge < -0.3 is 9.80 Å². The van der Waals surface area contributed by atoms with Crippen LogP contribution in [0.3, 0.4) is 0 Å². The van der Waals surface area contributed by atoms with Gasteiger partial charge in [-0.15, -0.1) is 0 Å². The molecule has 200 valence electrons. The molecule has 2 N–H and O–H groups in total. The summed E-state index contributed by atoms with van der Waals surface area (Å²) in [5, 5.41) is 8.91. The largest absolute Gasteiger partial charge is 0.370 e. The second-order valence-corrected chi connectivity index (χ2v) is 12.3. The Hall–Kier alpha value is -2.54. The lowest BCUT2D eigenvalue weighted by atomic mass is 10.1. The van der Waals surface area contributed by atoms with Crippen molar-refractivity contribution in [3.63, 3.8) is 0 Å². The molecule has 0 aliphatic heterocycles. The Balaban J connectivity index is 2.10. The van der Waals surface area contributed by atoms with Crippen molar-refractivity contribution in [1.29, 1.82) is 0 Å². The molecule has 2 aromatic carbocycles. The summed E-state index contributed by atoms with van der Waals surface area (Å²) in [6.45, 7) is 11.3. The van der Waals surface area contributed by atoms with Crippen LogP contribution < -0.4 is 19.2 Å². The van der Waals surface area contributed by atoms with Crippen molar-refractivity contribution < 1.29 is 16.8 Å². The Morgan fingerprint density at radius 1 is 0.694 bits per heavy atom. The average molecular weight is 539 g/mol. The molecule has 0 saturated heterocycles. The molecule has 0 aromatic heterocycles. The lowest BCUT2D eigenvalue weighted by Gasteiger charge is -2.24. The maximum atomic E-state index is 11.3. The molecule has 0 amide bonds. The van der Waals surface area contributed by atoms with E-state index in [4.69, 9.17) is 0 Å². The average Bonchev–Trinajstić information content (AvgIpc) is 2.78. The van der Waals surface area contributed by atoms with Gasteiger partial charge in [0.05, 0.1) is 23.9 Å². The van der Waals surface area contributed by atoms with E-state index in [2.05, 4.69) is 29.5 Å². The van der Waals surface area contributed by atoms with E-state index in [0.29, 0.717) is 26.2 Å². The first-order valence-corrected chi connectivity index (χ1v) is 15.6. The first-order chi connectivity index (χ1) is 16.8. The van der Waals surface area contributed by atoms with Crippen LogP contribution in [0.1, 0.15) is 25.0 Å². The van der Waals surface area contributed by atoms with E-state index in [1.807, 2.05) is 64.1 Å². The molecule has 10 nitrogen and oxygen atoms in total. The van der Waals surface area contributed by atoms with Crippen LogP contribution in [0.15, 0.2) is 46.6 Å². The number of anilines is 2. The fraction of sp³-hybridized carbons (Fsp3) is 0.500. The monoisotopic (exact) mass is 538 g/mol. The summed E-state index contributed by atoms with van der Waals surface area (Å²) in [6.07, 6.45) is 2.31. The van der Waals surface area contributed by atoms with Gasteiger partial charge in [0.1, 0.15) is 0 Å². The molecule has 0 unspecified atom stereocenters. The van der Waals surface area contributed by atoms with Crippen LogP contribution in [-0.4, -0.2) is 68.6 Å². The van der Waals surface area contributed by atoms with Gasteiger partial charge in [0.15, 0.2) is 0 Å². The van der Waals surface area contributed by atoms with Crippen LogP contribution in [0.4, 0.5) is 22.7 Å². The summed E-state index contributed by atoms with van der Waals surface area (Å²) < 4.78 is 50.3. The number of aryl methyl sites for hydroxylation is 2. The molecule has 0 atom stereocenters. The van der Waals surface area contributed by atoms with Crippen molar-refractivity contribution in [3.05, 3.63) is 47.5 Å². The Morgan fingerprint density at radius 3 is 1.33 bits per heavy atom. The number of nitrogens with zero attached hydrogens (tertiary/aromatic N) is 4. The van der Waals surface area contributed by atoms with E-state index >= 15 is 0 Å². The van der Waals surface area contributed by atoms with Crippen LogP contribution in [0.2, 0.25) is 0 Å². The van der Waals surface area contributed by atoms with Crippen molar-refractivity contribution >= 4 is 42.8 Å². The molecular weight excluding hydrogens is 500 g/mol. The predicted molar refractivity (Wildman–Crippen MR) is 148 cm³/mol. The molecule has 0 radical (unpaired) electrons. The minimum absolute atomic E-state index is 0.339. The second kappa shape index (κ2) is 13.1. The molecule has 2 rings (SSSR count). The summed E-state index contributed by atoms with van der Waals surface area (Å²) >= 11 is 0. The highest BCUT2D eigenvalue weighted by Crippen LogP contribution is 2.29. The van der Waals surface area contributed by atoms with Crippen LogP contribution in [-0.2, 0) is 20.0 Å². The van der Waals surface area contributed by atoms with Gasteiger partial charge in [-0.25, -0.2) is 26.3 Å². The van der Waals surface area contributed by atoms with Crippen molar-refractivity contribution in [3.8, 4) is 0 Å². The van der Waals surface area contributed by atoms with Gasteiger partial charge in [0.2, 0.25) is 20.0 Å². The number of sulfonamides is 2. The Labute approximate surface area is 215 Å². The molecule has 0 saturated carbocycles. The summed E-state index contributed by atoms with van der Waals surface area (Å²) in [7, 11) is -6.43. The van der Waals surface area contributed by atoms with Gasteiger partial charge in [-0.1, -0.05) is 0 Å². The molecule has 0 aliphatic rings. The SMILES string of the molecule is CCN(CCNS(C)(=O)=O)c1ccc(N=Nc2ccc(N(CC)CCNS(C)(=O)=O)cc2C)c(C)c1. The Bertz CT molecular complexity index is 1170. The molecule has 0 spiro atoms. The van der Waals surface area contributed by atoms with E-state index in [-0.39, 0.29) is 0 Å². The van der Waals surface area contributed by atoms with Gasteiger partial charge in [-0.3, -0.25) is 0 Å². The number of hydrogen-bond donors (Lipinski definition) is 2. The zero-order chi connectivity index (χ0) is 26.9. The molecule has 0 heterocycles. The van der Waals surface area contributed by atoms with Crippen molar-refractivity contribution in [2.24, 2.45) is 10.2 Å². The molecule has 0 aliphatic carbocycles. The van der Waals surface area contributed by atoms with Crippen LogP contribution >= 0.6 is 0 Å². The zero-order valence-electron chi connectivity index (χ0n) is 21.9. The van der Waals surface area contributed by atoms with E-state index < -0.39 is 20.0 Å². The van der Waals surface area contributed by atoms with Crippen molar-refractivity contribution in [2.75, 3.05) is 61.6 Å². The first kappa shape index (κ1) is 29.7. The van der Waals surface area contributed by atoms with Crippen molar-refractivity contribution in [1.82, 2.24) is 9.44 Å². The van der Waals surface area contributed by atoms with Gasteiger partial charge in [-0.05, 0) is 75.2 Å². The number of likely N-dealkylation sites (N-methyl/N-ethyl adjacent to an activating group) is 2. The fourth-order valence-electron chi connectivity index (χ4n) is 3.68. The second-order valence-electron chi connectivity index (χ2n) is 8.63. The highest BCUT2D eigenvalue weighted by Gasteiger charge is 2.10. The molecular formula is C24H38N6O4S2. The predicted octanol–water partition coefficient (Wildman–Crippen LogP) is 3.47. The van der Waals surface area contributed by atoms with Gasteiger partial charge in [0.25, 0.3) is 0 Å². The molecule has 0 fully saturated rings. The number of hydrogen-bond acceptors (Lipinski definition) is 8. The molecule has 0 bridgehead atoms. The number of azo groups is 1. The minimum Gasteiger partial charge on any atom is -0.370 e. The van der Waals surface area contributed by atoms with E-state index in [1.54, 1.807) is 0 Å². The van der Waals surface area contributed by atoms with Crippen LogP contribution in [0, 0.1) is 13.8 Å². The minimum atomic E-state index is -3.21. The topological polar surface area (TPSA) is 124 Å². The first-order valence-electron chi connectivity index (χ1n) is 11.8. The maximum absolute atomic E-state index is 11.3. The Kier molecular flexibility index (Phi) is 10.8. The molecule has 36 heavy (non-hydrogen) atoms. The third-order valence-electron chi connectivity index (χ3n) is 5.61. The Morgan fingerprint density at radius 2 is 1.06 bits per heavy atom. The molecule has 12 heteroatoms. The summed E-state index contributed by atoms with van der Waals surface area (Å²) in [6, 6.07) is 11.8. The highest BCUT2D eigenvalue weighted by atomic mass is 32.2. The smallest absolute Gasteiger partial charge is 0.208 e. The van der Waals surface area contributed by atoms with E-state index in [1.165, 1.54) is 0 Å². The van der Waals surface area contributed by atoms with Gasteiger partial charge in [0, 0.05) is 50.6 Å². The summed E-state index contributed by atoms with van der Waals surface area (Å²) in [4.78, 5) is 4.19. The third-order valence-corrected chi connectivity index (χ3v) is 7.07. The van der Waals surface area contributed by atoms with Crippen LogP contribution in [0.25, 0.3) is 0 Å².